The summed E-state index contributed by atoms with van der Waals surface area (Å²) in [6.07, 6.45) is 0. The largest absolute Gasteiger partial charge is 0.271 e. The lowest BCUT2D eigenvalue weighted by Crippen LogP contribution is -2.25. The third-order valence-electron chi connectivity index (χ3n) is 2.40. The van der Waals surface area contributed by atoms with Gasteiger partial charge < -0.3 is 0 Å². The smallest absolute Gasteiger partial charge is 0.267 e. The van der Waals surface area contributed by atoms with E-state index in [1.165, 1.54) is 11.8 Å². The number of carbonyl (C=O) groups excluding carboxylic acids is 1. The van der Waals surface area contributed by atoms with Crippen LogP contribution in [0.4, 0.5) is 0 Å². The first kappa shape index (κ1) is 13.9. The molecule has 0 unspecified atom stereocenters. The zero-order valence-electron chi connectivity index (χ0n) is 10.6. The lowest BCUT2D eigenvalue weighted by molar-refractivity contribution is 0.101. The first-order valence-electron chi connectivity index (χ1n) is 5.74. The number of thioether (sulfide) groups is 1. The molecule has 1 aromatic heterocycles. The molecule has 0 spiro atoms. The predicted octanol–water partition coefficient (Wildman–Crippen LogP) is 2.74. The summed E-state index contributed by atoms with van der Waals surface area (Å²) >= 11 is 7.50. The Morgan fingerprint density at radius 2 is 2.16 bits per heavy atom. The molecule has 1 N–H and O–H groups in total. The van der Waals surface area contributed by atoms with E-state index >= 15 is 0 Å². The van der Waals surface area contributed by atoms with Gasteiger partial charge in [0.15, 0.2) is 0 Å². The van der Waals surface area contributed by atoms with Crippen LogP contribution in [0.15, 0.2) is 29.4 Å². The van der Waals surface area contributed by atoms with Crippen LogP contribution in [0.25, 0.3) is 0 Å². The number of rotatable bonds is 4. The minimum Gasteiger partial charge on any atom is -0.267 e. The maximum Gasteiger partial charge on any atom is 0.271 e. The van der Waals surface area contributed by atoms with Crippen LogP contribution in [0.5, 0.6) is 0 Å². The summed E-state index contributed by atoms with van der Waals surface area (Å²) in [5.41, 5.74) is 3.17. The summed E-state index contributed by atoms with van der Waals surface area (Å²) in [4.78, 5) is 12.2. The third kappa shape index (κ3) is 3.08. The van der Waals surface area contributed by atoms with Crippen LogP contribution in [-0.4, -0.2) is 26.5 Å². The first-order valence-corrected chi connectivity index (χ1v) is 7.10. The van der Waals surface area contributed by atoms with Crippen molar-refractivity contribution < 1.29 is 4.79 Å². The molecule has 0 saturated carbocycles. The van der Waals surface area contributed by atoms with Crippen LogP contribution in [0, 0.1) is 6.92 Å². The zero-order chi connectivity index (χ0) is 13.8. The normalized spacial score (nSPS) is 10.5. The van der Waals surface area contributed by atoms with Crippen molar-refractivity contribution in [2.24, 2.45) is 0 Å². The fraction of sp³-hybridized carbons (Fsp3) is 0.250. The number of carbonyl (C=O) groups is 1. The van der Waals surface area contributed by atoms with E-state index in [1.54, 1.807) is 35.9 Å². The molecule has 19 heavy (non-hydrogen) atoms. The van der Waals surface area contributed by atoms with E-state index in [9.17, 15) is 4.79 Å². The van der Waals surface area contributed by atoms with Crippen LogP contribution < -0.4 is 5.43 Å². The first-order chi connectivity index (χ1) is 9.13. The van der Waals surface area contributed by atoms with Gasteiger partial charge in [-0.05, 0) is 24.8 Å². The molecule has 1 heterocycles. The zero-order valence-corrected chi connectivity index (χ0v) is 12.1. The van der Waals surface area contributed by atoms with Crippen LogP contribution in [0.1, 0.15) is 23.1 Å². The molecule has 0 saturated heterocycles. The number of hydrogen-bond donors (Lipinski definition) is 1. The highest BCUT2D eigenvalue weighted by molar-refractivity contribution is 7.99. The van der Waals surface area contributed by atoms with Gasteiger partial charge in [0.05, 0.1) is 10.6 Å². The van der Waals surface area contributed by atoms with Gasteiger partial charge in [0.2, 0.25) is 5.16 Å². The molecule has 2 rings (SSSR count). The Hall–Kier alpha value is -1.53. The molecule has 0 atom stereocenters. The fourth-order valence-corrected chi connectivity index (χ4v) is 2.39. The molecule has 100 valence electrons. The molecule has 0 fully saturated rings. The van der Waals surface area contributed by atoms with Crippen LogP contribution in [0.3, 0.4) is 0 Å². The molecule has 0 bridgehead atoms. The molecule has 0 radical (unpaired) electrons. The second-order valence-corrected chi connectivity index (χ2v) is 5.36. The van der Waals surface area contributed by atoms with E-state index < -0.39 is 0 Å². The van der Waals surface area contributed by atoms with Crippen molar-refractivity contribution in [2.75, 3.05) is 11.2 Å². The van der Waals surface area contributed by atoms with Crippen LogP contribution in [-0.2, 0) is 0 Å². The van der Waals surface area contributed by atoms with E-state index in [2.05, 4.69) is 15.6 Å². The van der Waals surface area contributed by atoms with E-state index in [4.69, 9.17) is 11.6 Å². The van der Waals surface area contributed by atoms with Crippen molar-refractivity contribution in [2.45, 2.75) is 19.0 Å². The quantitative estimate of drug-likeness (QED) is 0.881. The van der Waals surface area contributed by atoms with Crippen LogP contribution >= 0.6 is 23.4 Å². The third-order valence-corrected chi connectivity index (χ3v) is 3.54. The summed E-state index contributed by atoms with van der Waals surface area (Å²) in [6.45, 7) is 3.79. The fourth-order valence-electron chi connectivity index (χ4n) is 1.50. The minimum atomic E-state index is -0.286. The SMILES string of the molecule is CCSc1nnc(C)n1NC(=O)c1ccccc1Cl. The van der Waals surface area contributed by atoms with Crippen molar-refractivity contribution in [1.29, 1.82) is 0 Å². The lowest BCUT2D eigenvalue weighted by Gasteiger charge is -2.10. The molecule has 0 aliphatic rings. The Kier molecular flexibility index (Phi) is 4.44. The Balaban J connectivity index is 2.24. The van der Waals surface area contributed by atoms with Crippen LogP contribution in [0.2, 0.25) is 5.02 Å². The maximum absolute atomic E-state index is 12.2. The molecule has 5 nitrogen and oxygen atoms in total. The van der Waals surface area contributed by atoms with Gasteiger partial charge in [-0.3, -0.25) is 10.2 Å². The predicted molar refractivity (Wildman–Crippen MR) is 76.3 cm³/mol. The average molecular weight is 297 g/mol. The number of nitrogens with zero attached hydrogens (tertiary/aromatic N) is 3. The van der Waals surface area contributed by atoms with Gasteiger partial charge in [-0.2, -0.15) is 0 Å². The Labute approximate surface area is 120 Å². The minimum absolute atomic E-state index is 0.286. The maximum atomic E-state index is 12.2. The number of aryl methyl sites for hydroxylation is 1. The number of amides is 1. The van der Waals surface area contributed by atoms with Gasteiger partial charge in [-0.15, -0.1) is 10.2 Å². The second-order valence-electron chi connectivity index (χ2n) is 3.72. The van der Waals surface area contributed by atoms with E-state index in [-0.39, 0.29) is 5.91 Å². The highest BCUT2D eigenvalue weighted by Gasteiger charge is 2.14. The van der Waals surface area contributed by atoms with Crippen molar-refractivity contribution >= 4 is 29.3 Å². The molecule has 0 aliphatic heterocycles. The molecular weight excluding hydrogens is 284 g/mol. The molecule has 0 aliphatic carbocycles. The van der Waals surface area contributed by atoms with Gasteiger partial charge >= 0.3 is 0 Å². The monoisotopic (exact) mass is 296 g/mol. The number of aromatic nitrogens is 3. The summed E-state index contributed by atoms with van der Waals surface area (Å²) in [6, 6.07) is 6.89. The number of benzene rings is 1. The Morgan fingerprint density at radius 3 is 2.84 bits per heavy atom. The van der Waals surface area contributed by atoms with Crippen molar-refractivity contribution in [3.05, 3.63) is 40.7 Å². The number of nitrogens with one attached hydrogen (secondary N) is 1. The molecule has 7 heteroatoms. The summed E-state index contributed by atoms with van der Waals surface area (Å²) in [5, 5.41) is 9.02. The summed E-state index contributed by atoms with van der Waals surface area (Å²) in [5.74, 6) is 1.18. The molecule has 1 amide bonds. The number of hydrogen-bond acceptors (Lipinski definition) is 4. The summed E-state index contributed by atoms with van der Waals surface area (Å²) < 4.78 is 1.57. The number of halogens is 1. The van der Waals surface area contributed by atoms with Gasteiger partial charge in [0.25, 0.3) is 5.91 Å². The van der Waals surface area contributed by atoms with Gasteiger partial charge in [0.1, 0.15) is 5.82 Å². The molecule has 2 aromatic rings. The molecular formula is C12H13ClN4OS. The van der Waals surface area contributed by atoms with E-state index in [0.717, 1.165) is 5.75 Å². The lowest BCUT2D eigenvalue weighted by atomic mass is 10.2. The summed E-state index contributed by atoms with van der Waals surface area (Å²) in [7, 11) is 0. The standard InChI is InChI=1S/C12H13ClN4OS/c1-3-19-12-15-14-8(2)17(12)16-11(18)9-6-4-5-7-10(9)13/h4-7H,3H2,1-2H3,(H,16,18). The van der Waals surface area contributed by atoms with Crippen molar-refractivity contribution in [3.63, 3.8) is 0 Å². The van der Waals surface area contributed by atoms with E-state index in [0.29, 0.717) is 21.6 Å². The second kappa shape index (κ2) is 6.08. The Morgan fingerprint density at radius 1 is 1.42 bits per heavy atom. The highest BCUT2D eigenvalue weighted by atomic mass is 35.5. The van der Waals surface area contributed by atoms with Gasteiger partial charge in [0, 0.05) is 0 Å². The van der Waals surface area contributed by atoms with E-state index in [1.807, 2.05) is 6.92 Å². The average Bonchev–Trinajstić information content (AvgIpc) is 2.72. The Bertz CT molecular complexity index is 599. The van der Waals surface area contributed by atoms with Gasteiger partial charge in [-0.25, -0.2) is 4.68 Å². The topological polar surface area (TPSA) is 59.8 Å². The molecule has 1 aromatic carbocycles. The van der Waals surface area contributed by atoms with Crippen molar-refractivity contribution in [1.82, 2.24) is 14.9 Å². The highest BCUT2D eigenvalue weighted by Crippen LogP contribution is 2.17. The van der Waals surface area contributed by atoms with Gasteiger partial charge in [-0.1, -0.05) is 42.4 Å². The van der Waals surface area contributed by atoms with Crippen molar-refractivity contribution in [3.8, 4) is 0 Å².